The first-order valence-corrected chi connectivity index (χ1v) is 7.64. The normalized spacial score (nSPS) is 21.0. The predicted octanol–water partition coefficient (Wildman–Crippen LogP) is 1.52. The van der Waals surface area contributed by atoms with E-state index in [2.05, 4.69) is 38.6 Å². The Kier molecular flexibility index (Phi) is 4.06. The van der Waals surface area contributed by atoms with Crippen LogP contribution >= 0.6 is 0 Å². The van der Waals surface area contributed by atoms with Crippen LogP contribution in [-0.2, 0) is 6.54 Å². The Morgan fingerprint density at radius 2 is 2.14 bits per heavy atom. The first kappa shape index (κ1) is 14.9. The fourth-order valence-electron chi connectivity index (χ4n) is 2.73. The van der Waals surface area contributed by atoms with Crippen molar-refractivity contribution < 1.29 is 5.11 Å². The Hall–Kier alpha value is -2.02. The summed E-state index contributed by atoms with van der Waals surface area (Å²) in [6.07, 6.45) is 4.77. The molecule has 7 heteroatoms. The maximum Gasteiger partial charge on any atom is 0.152 e. The number of hydrogen-bond acceptors (Lipinski definition) is 6. The summed E-state index contributed by atoms with van der Waals surface area (Å²) in [5, 5.41) is 17.6. The average molecular weight is 302 g/mol. The largest absolute Gasteiger partial charge is 0.393 e. The highest BCUT2D eigenvalue weighted by atomic mass is 16.3. The monoisotopic (exact) mass is 302 g/mol. The third kappa shape index (κ3) is 2.94. The first-order chi connectivity index (χ1) is 10.5. The molecule has 0 atom stereocenters. The van der Waals surface area contributed by atoms with E-state index >= 15 is 0 Å². The second-order valence-corrected chi connectivity index (χ2v) is 6.23. The van der Waals surface area contributed by atoms with Crippen LogP contribution in [0.25, 0.3) is 0 Å². The van der Waals surface area contributed by atoms with Crippen LogP contribution in [0, 0.1) is 0 Å². The summed E-state index contributed by atoms with van der Waals surface area (Å²) in [5.41, 5.74) is 1.01. The van der Waals surface area contributed by atoms with Gasteiger partial charge in [0.1, 0.15) is 18.5 Å². The molecule has 0 radical (unpaired) electrons. The van der Waals surface area contributed by atoms with Gasteiger partial charge in [0.05, 0.1) is 12.6 Å². The van der Waals surface area contributed by atoms with E-state index < -0.39 is 0 Å². The summed E-state index contributed by atoms with van der Waals surface area (Å²) in [5.74, 6) is 2.13. The second-order valence-electron chi connectivity index (χ2n) is 6.23. The Bertz CT molecular complexity index is 634. The lowest BCUT2D eigenvalue weighted by molar-refractivity contribution is 0.0732. The molecule has 1 saturated carbocycles. The fourth-order valence-corrected chi connectivity index (χ4v) is 2.73. The molecular formula is C15H22N6O. The van der Waals surface area contributed by atoms with Gasteiger partial charge in [-0.25, -0.2) is 9.97 Å². The molecule has 0 amide bonds. The van der Waals surface area contributed by atoms with Crippen molar-refractivity contribution >= 4 is 5.82 Å². The molecule has 22 heavy (non-hydrogen) atoms. The van der Waals surface area contributed by atoms with Gasteiger partial charge in [0.2, 0.25) is 0 Å². The summed E-state index contributed by atoms with van der Waals surface area (Å²) in [7, 11) is 1.99. The molecule has 1 aliphatic rings. The van der Waals surface area contributed by atoms with Crippen molar-refractivity contribution in [1.82, 2.24) is 24.7 Å². The molecule has 7 nitrogen and oxygen atoms in total. The van der Waals surface area contributed by atoms with Crippen molar-refractivity contribution in [3.05, 3.63) is 30.2 Å². The molecule has 0 aliphatic heterocycles. The molecule has 0 unspecified atom stereocenters. The number of rotatable bonds is 5. The minimum Gasteiger partial charge on any atom is -0.393 e. The maximum absolute atomic E-state index is 9.44. The smallest absolute Gasteiger partial charge is 0.152 e. The van der Waals surface area contributed by atoms with Crippen molar-refractivity contribution in [2.45, 2.75) is 51.3 Å². The van der Waals surface area contributed by atoms with Crippen molar-refractivity contribution in [2.24, 2.45) is 0 Å². The van der Waals surface area contributed by atoms with Gasteiger partial charge in [0.25, 0.3) is 0 Å². The van der Waals surface area contributed by atoms with Crippen LogP contribution in [0.4, 0.5) is 5.82 Å². The zero-order chi connectivity index (χ0) is 15.7. The third-order valence-corrected chi connectivity index (χ3v) is 4.18. The van der Waals surface area contributed by atoms with Gasteiger partial charge >= 0.3 is 0 Å². The lowest BCUT2D eigenvalue weighted by atomic mass is 9.80. The molecular weight excluding hydrogens is 280 g/mol. The Balaban J connectivity index is 1.73. The van der Waals surface area contributed by atoms with Crippen molar-refractivity contribution in [3.8, 4) is 0 Å². The Morgan fingerprint density at radius 3 is 2.82 bits per heavy atom. The molecule has 0 aromatic carbocycles. The van der Waals surface area contributed by atoms with E-state index in [1.165, 1.54) is 0 Å². The van der Waals surface area contributed by atoms with Crippen LogP contribution in [0.3, 0.4) is 0 Å². The van der Waals surface area contributed by atoms with Gasteiger partial charge < -0.3 is 14.6 Å². The minimum atomic E-state index is -0.175. The molecule has 1 aliphatic carbocycles. The molecule has 1 N–H and O–H groups in total. The van der Waals surface area contributed by atoms with Crippen LogP contribution < -0.4 is 4.90 Å². The molecule has 2 heterocycles. The van der Waals surface area contributed by atoms with Crippen LogP contribution in [0.15, 0.2) is 18.7 Å². The van der Waals surface area contributed by atoms with E-state index in [9.17, 15) is 5.11 Å². The molecule has 0 spiro atoms. The molecule has 2 aromatic rings. The summed E-state index contributed by atoms with van der Waals surface area (Å²) >= 11 is 0. The van der Waals surface area contributed by atoms with Crippen molar-refractivity contribution in [1.29, 1.82) is 0 Å². The van der Waals surface area contributed by atoms with Gasteiger partial charge in [-0.2, -0.15) is 0 Å². The van der Waals surface area contributed by atoms with E-state index in [1.807, 2.05) is 18.0 Å². The topological polar surface area (TPSA) is 80.0 Å². The number of aliphatic hydroxyl groups excluding tert-OH is 1. The Morgan fingerprint density at radius 1 is 1.36 bits per heavy atom. The van der Waals surface area contributed by atoms with E-state index in [0.717, 1.165) is 30.2 Å². The Labute approximate surface area is 130 Å². The van der Waals surface area contributed by atoms with Gasteiger partial charge in [-0.1, -0.05) is 0 Å². The minimum absolute atomic E-state index is 0.175. The van der Waals surface area contributed by atoms with E-state index in [0.29, 0.717) is 18.5 Å². The average Bonchev–Trinajstić information content (AvgIpc) is 2.92. The predicted molar refractivity (Wildman–Crippen MR) is 82.5 cm³/mol. The maximum atomic E-state index is 9.44. The quantitative estimate of drug-likeness (QED) is 0.902. The highest BCUT2D eigenvalue weighted by molar-refractivity contribution is 5.39. The van der Waals surface area contributed by atoms with Gasteiger partial charge in [-0.3, -0.25) is 0 Å². The summed E-state index contributed by atoms with van der Waals surface area (Å²) < 4.78 is 2.06. The molecule has 118 valence electrons. The number of aromatic nitrogens is 5. The zero-order valence-electron chi connectivity index (χ0n) is 13.2. The molecule has 2 aromatic heterocycles. The van der Waals surface area contributed by atoms with E-state index in [4.69, 9.17) is 0 Å². The van der Waals surface area contributed by atoms with Gasteiger partial charge in [0, 0.05) is 30.8 Å². The van der Waals surface area contributed by atoms with E-state index in [-0.39, 0.29) is 6.10 Å². The van der Waals surface area contributed by atoms with Gasteiger partial charge in [0.15, 0.2) is 5.82 Å². The van der Waals surface area contributed by atoms with E-state index in [1.54, 1.807) is 12.7 Å². The molecule has 0 saturated heterocycles. The lowest BCUT2D eigenvalue weighted by Gasteiger charge is -2.31. The molecule has 1 fully saturated rings. The number of anilines is 1. The van der Waals surface area contributed by atoms with Gasteiger partial charge in [-0.15, -0.1) is 10.2 Å². The highest BCUT2D eigenvalue weighted by Gasteiger charge is 2.30. The van der Waals surface area contributed by atoms with Crippen LogP contribution in [0.1, 0.15) is 50.2 Å². The molecule has 0 bridgehead atoms. The molecule has 3 rings (SSSR count). The zero-order valence-corrected chi connectivity index (χ0v) is 13.2. The number of aliphatic hydroxyl groups is 1. The standard InChI is InChI=1S/C15H22N6O/c1-10(2)21-9-18-19-15(21)7-20(3)14-6-13(16-8-17-14)11-4-12(22)5-11/h6,8-12,22H,4-5,7H2,1-3H3. The summed E-state index contributed by atoms with van der Waals surface area (Å²) in [6, 6.07) is 2.34. The lowest BCUT2D eigenvalue weighted by Crippen LogP contribution is -2.28. The van der Waals surface area contributed by atoms with Crippen LogP contribution in [0.2, 0.25) is 0 Å². The first-order valence-electron chi connectivity index (χ1n) is 7.64. The highest BCUT2D eigenvalue weighted by Crippen LogP contribution is 2.36. The summed E-state index contributed by atoms with van der Waals surface area (Å²) in [4.78, 5) is 10.7. The van der Waals surface area contributed by atoms with Gasteiger partial charge in [-0.05, 0) is 26.7 Å². The second kappa shape index (κ2) is 6.00. The summed E-state index contributed by atoms with van der Waals surface area (Å²) in [6.45, 7) is 4.86. The van der Waals surface area contributed by atoms with Crippen LogP contribution in [0.5, 0.6) is 0 Å². The number of nitrogens with zero attached hydrogens (tertiary/aromatic N) is 6. The van der Waals surface area contributed by atoms with Crippen LogP contribution in [-0.4, -0.2) is 43.0 Å². The fraction of sp³-hybridized carbons (Fsp3) is 0.600. The van der Waals surface area contributed by atoms with Crippen molar-refractivity contribution in [2.75, 3.05) is 11.9 Å². The SMILES string of the molecule is CC(C)n1cnnc1CN(C)c1cc(C2CC(O)C2)ncn1. The van der Waals surface area contributed by atoms with Crippen molar-refractivity contribution in [3.63, 3.8) is 0 Å². The third-order valence-electron chi connectivity index (χ3n) is 4.18. The number of hydrogen-bond donors (Lipinski definition) is 1.